The van der Waals surface area contributed by atoms with Crippen molar-refractivity contribution >= 4 is 5.97 Å². The lowest BCUT2D eigenvalue weighted by Gasteiger charge is -2.09. The molecule has 0 aromatic rings. The molecule has 0 saturated heterocycles. The summed E-state index contributed by atoms with van der Waals surface area (Å²) in [5, 5.41) is 0. The molecule has 16 nitrogen and oxygen atoms in total. The Morgan fingerprint density at radius 3 is 0.640 bits per heavy atom. The van der Waals surface area contributed by atoms with E-state index >= 15 is 0 Å². The number of hydrogen-bond donors (Lipinski definition) is 0. The van der Waals surface area contributed by atoms with Crippen molar-refractivity contribution < 1.29 is 89.0 Å². The molecule has 300 valence electrons. The molecule has 0 radical (unpaired) electrons. The van der Waals surface area contributed by atoms with E-state index in [0.29, 0.717) is 159 Å². The lowest BCUT2D eigenvalue weighted by Crippen LogP contribution is -2.26. The topological polar surface area (TPSA) is 156 Å². The summed E-state index contributed by atoms with van der Waals surface area (Å²) in [7, 11) is 1.64. The van der Waals surface area contributed by atoms with Crippen LogP contribution in [-0.2, 0) is 75.8 Å². The minimum absolute atomic E-state index is 0.150. The highest BCUT2D eigenvalue weighted by atomic mass is 19.4. The first kappa shape index (κ1) is 48.7. The number of rotatable bonds is 42. The Hall–Kier alpha value is -1.30. The van der Waals surface area contributed by atoms with Crippen molar-refractivity contribution in [1.29, 1.82) is 0 Å². The van der Waals surface area contributed by atoms with Crippen LogP contribution in [0.1, 0.15) is 0 Å². The zero-order valence-corrected chi connectivity index (χ0v) is 29.5. The van der Waals surface area contributed by atoms with E-state index in [2.05, 4.69) is 4.74 Å². The summed E-state index contributed by atoms with van der Waals surface area (Å²) in [6, 6.07) is 0. The number of alkyl halides is 3. The van der Waals surface area contributed by atoms with Gasteiger partial charge in [0.05, 0.1) is 178 Å². The quantitative estimate of drug-likeness (QED) is 0.0643. The number of methoxy groups -OCH3 is 1. The van der Waals surface area contributed by atoms with Crippen LogP contribution in [0.3, 0.4) is 0 Å². The van der Waals surface area contributed by atoms with Crippen molar-refractivity contribution in [3.63, 3.8) is 0 Å². The van der Waals surface area contributed by atoms with Crippen molar-refractivity contribution in [1.82, 2.24) is 0 Å². The predicted octanol–water partition coefficient (Wildman–Crippen LogP) is 0.954. The fraction of sp³-hybridized carbons (Fsp3) is 0.968. The highest BCUT2D eigenvalue weighted by molar-refractivity contribution is 5.75. The molecular weight excluding hydrogens is 685 g/mol. The Morgan fingerprint density at radius 2 is 0.480 bits per heavy atom. The first-order valence-corrected chi connectivity index (χ1v) is 16.7. The first-order valence-electron chi connectivity index (χ1n) is 16.7. The highest BCUT2D eigenvalue weighted by Gasteiger charge is 2.40. The first-order chi connectivity index (χ1) is 24.5. The third-order valence-electron chi connectivity index (χ3n) is 5.59. The van der Waals surface area contributed by atoms with Crippen LogP contribution in [-0.4, -0.2) is 204 Å². The molecule has 0 N–H and O–H groups in total. The van der Waals surface area contributed by atoms with E-state index < -0.39 is 18.8 Å². The molecule has 0 aromatic heterocycles. The third kappa shape index (κ3) is 41.1. The van der Waals surface area contributed by atoms with Crippen LogP contribution >= 0.6 is 0 Å². The molecule has 0 aliphatic carbocycles. The summed E-state index contributed by atoms with van der Waals surface area (Å²) in [5.41, 5.74) is 0. The normalized spacial score (nSPS) is 11.8. The zero-order valence-electron chi connectivity index (χ0n) is 29.5. The number of hydrogen-bond acceptors (Lipinski definition) is 16. The second-order valence-electron chi connectivity index (χ2n) is 9.59. The lowest BCUT2D eigenvalue weighted by atomic mass is 10.6. The zero-order chi connectivity index (χ0) is 36.5. The number of esters is 1. The van der Waals surface area contributed by atoms with Gasteiger partial charge in [-0.15, -0.1) is 0 Å². The molecule has 0 heterocycles. The van der Waals surface area contributed by atoms with E-state index in [-0.39, 0.29) is 19.8 Å². The minimum atomic E-state index is -5.00. The van der Waals surface area contributed by atoms with Gasteiger partial charge in [-0.1, -0.05) is 0 Å². The van der Waals surface area contributed by atoms with Gasteiger partial charge in [-0.3, -0.25) is 0 Å². The predicted molar refractivity (Wildman–Crippen MR) is 170 cm³/mol. The van der Waals surface area contributed by atoms with E-state index in [1.807, 2.05) is 0 Å². The molecule has 0 bridgehead atoms. The maximum Gasteiger partial charge on any atom is 0.490 e. The van der Waals surface area contributed by atoms with Crippen molar-refractivity contribution in [3.8, 4) is 0 Å². The van der Waals surface area contributed by atoms with Crippen molar-refractivity contribution in [2.24, 2.45) is 0 Å². The Morgan fingerprint density at radius 1 is 0.320 bits per heavy atom. The number of carbonyl (C=O) groups is 1. The smallest absolute Gasteiger partial charge is 0.457 e. The van der Waals surface area contributed by atoms with Crippen LogP contribution < -0.4 is 0 Å². The van der Waals surface area contributed by atoms with Crippen molar-refractivity contribution in [2.45, 2.75) is 6.18 Å². The van der Waals surface area contributed by atoms with E-state index in [0.717, 1.165) is 0 Å². The Bertz CT molecular complexity index is 682. The van der Waals surface area contributed by atoms with Gasteiger partial charge in [0, 0.05) is 7.11 Å². The monoisotopic (exact) mass is 744 g/mol. The fourth-order valence-electron chi connectivity index (χ4n) is 3.16. The second kappa shape index (κ2) is 40.5. The molecule has 0 atom stereocenters. The van der Waals surface area contributed by atoms with Crippen molar-refractivity contribution in [3.05, 3.63) is 0 Å². The van der Waals surface area contributed by atoms with Gasteiger partial charge in [-0.2, -0.15) is 13.2 Å². The molecular formula is C31H59F3O16. The van der Waals surface area contributed by atoms with Crippen LogP contribution in [0.15, 0.2) is 0 Å². The summed E-state index contributed by atoms with van der Waals surface area (Å²) in [4.78, 5) is 10.5. The standard InChI is InChI=1S/C31H59F3O16/c1-36-2-3-37-4-5-38-6-7-39-8-9-40-10-11-41-12-13-42-14-15-43-16-17-44-18-19-45-20-21-46-22-23-47-24-25-48-26-27-49-28-29-50-30(35)31(32,33)34/h2-29H2,1H3. The molecule has 0 rings (SSSR count). The van der Waals surface area contributed by atoms with Gasteiger partial charge in [-0.05, 0) is 0 Å². The van der Waals surface area contributed by atoms with Crippen LogP contribution in [0.5, 0.6) is 0 Å². The average molecular weight is 745 g/mol. The van der Waals surface area contributed by atoms with E-state index in [9.17, 15) is 18.0 Å². The van der Waals surface area contributed by atoms with Gasteiger partial charge in [0.2, 0.25) is 0 Å². The van der Waals surface area contributed by atoms with Gasteiger partial charge in [-0.25, -0.2) is 4.79 Å². The van der Waals surface area contributed by atoms with Gasteiger partial charge in [0.15, 0.2) is 0 Å². The lowest BCUT2D eigenvalue weighted by molar-refractivity contribution is -0.200. The molecule has 0 amide bonds. The molecule has 19 heteroatoms. The van der Waals surface area contributed by atoms with Crippen LogP contribution in [0.4, 0.5) is 13.2 Å². The Balaban J connectivity index is 3.08. The van der Waals surface area contributed by atoms with Gasteiger partial charge in [0.1, 0.15) is 6.61 Å². The summed E-state index contributed by atoms with van der Waals surface area (Å²) >= 11 is 0. The summed E-state index contributed by atoms with van der Waals surface area (Å²) in [6.07, 6.45) is -5.00. The van der Waals surface area contributed by atoms with Crippen molar-refractivity contribution in [2.75, 3.05) is 192 Å². The van der Waals surface area contributed by atoms with E-state index in [1.165, 1.54) is 0 Å². The molecule has 0 saturated carbocycles. The number of carbonyl (C=O) groups excluding carboxylic acids is 1. The molecule has 50 heavy (non-hydrogen) atoms. The molecule has 0 aliphatic heterocycles. The number of ether oxygens (including phenoxy) is 15. The highest BCUT2D eigenvalue weighted by Crippen LogP contribution is 2.16. The molecule has 0 fully saturated rings. The molecule has 0 aromatic carbocycles. The Kier molecular flexibility index (Phi) is 39.4. The third-order valence-corrected chi connectivity index (χ3v) is 5.59. The van der Waals surface area contributed by atoms with E-state index in [1.54, 1.807) is 7.11 Å². The fourth-order valence-corrected chi connectivity index (χ4v) is 3.16. The maximum absolute atomic E-state index is 11.9. The average Bonchev–Trinajstić information content (AvgIpc) is 3.10. The SMILES string of the molecule is COCCOCCOCCOCCOCCOCCOCCOCCOCCOCCOCCOCCOCCOCCOC(=O)C(F)(F)F. The van der Waals surface area contributed by atoms with Crippen LogP contribution in [0.25, 0.3) is 0 Å². The molecule has 0 aliphatic rings. The largest absolute Gasteiger partial charge is 0.490 e. The summed E-state index contributed by atoms with van der Waals surface area (Å²) in [5.74, 6) is -2.24. The van der Waals surface area contributed by atoms with E-state index in [4.69, 9.17) is 66.3 Å². The number of halogens is 3. The maximum atomic E-state index is 11.9. The summed E-state index contributed by atoms with van der Waals surface area (Å²) < 4.78 is 114. The summed E-state index contributed by atoms with van der Waals surface area (Å²) in [6.45, 7) is 11.1. The van der Waals surface area contributed by atoms with Gasteiger partial charge in [0.25, 0.3) is 0 Å². The minimum Gasteiger partial charge on any atom is -0.457 e. The second-order valence-corrected chi connectivity index (χ2v) is 9.59. The van der Waals surface area contributed by atoms with Gasteiger partial charge < -0.3 is 71.1 Å². The van der Waals surface area contributed by atoms with Crippen LogP contribution in [0.2, 0.25) is 0 Å². The Labute approximate surface area is 293 Å². The molecule has 0 unspecified atom stereocenters. The van der Waals surface area contributed by atoms with Gasteiger partial charge >= 0.3 is 12.1 Å². The molecule has 0 spiro atoms. The van der Waals surface area contributed by atoms with Crippen LogP contribution in [0, 0.1) is 0 Å².